The maximum Gasteiger partial charge on any atom is 0.229 e. The van der Waals surface area contributed by atoms with Crippen LogP contribution in [0.2, 0.25) is 0 Å². The van der Waals surface area contributed by atoms with Crippen LogP contribution in [0.5, 0.6) is 0 Å². The predicted octanol–water partition coefficient (Wildman–Crippen LogP) is 2.63. The van der Waals surface area contributed by atoms with Gasteiger partial charge in [0.25, 0.3) is 0 Å². The van der Waals surface area contributed by atoms with Gasteiger partial charge in [0.05, 0.1) is 12.1 Å². The minimum absolute atomic E-state index is 0.277. The summed E-state index contributed by atoms with van der Waals surface area (Å²) in [6.07, 6.45) is 3.79. The quantitative estimate of drug-likeness (QED) is 0.749. The lowest BCUT2D eigenvalue weighted by atomic mass is 10.2. The van der Waals surface area contributed by atoms with E-state index in [0.29, 0.717) is 12.3 Å². The minimum Gasteiger partial charge on any atom is -0.339 e. The first-order chi connectivity index (χ1) is 8.72. The summed E-state index contributed by atoms with van der Waals surface area (Å²) < 4.78 is 5.27. The van der Waals surface area contributed by atoms with Gasteiger partial charge < -0.3 is 4.52 Å². The number of nitrogens with zero attached hydrogens (tertiary/aromatic N) is 4. The molecule has 0 amide bonds. The van der Waals surface area contributed by atoms with E-state index in [4.69, 9.17) is 9.78 Å². The molecule has 0 aromatic carbocycles. The van der Waals surface area contributed by atoms with Crippen molar-refractivity contribution in [2.75, 3.05) is 13.1 Å². The highest BCUT2D eigenvalue weighted by molar-refractivity contribution is 4.99. The summed E-state index contributed by atoms with van der Waals surface area (Å²) in [7, 11) is 0. The number of likely N-dealkylation sites (tertiary alicyclic amines) is 1. The summed E-state index contributed by atoms with van der Waals surface area (Å²) in [4.78, 5) is 6.85. The van der Waals surface area contributed by atoms with Crippen LogP contribution in [0.4, 0.5) is 0 Å². The molecule has 98 valence electrons. The number of aromatic nitrogens is 2. The molecular weight excluding hydrogens is 228 g/mol. The third-order valence-corrected chi connectivity index (χ3v) is 3.35. The van der Waals surface area contributed by atoms with Crippen LogP contribution in [0.15, 0.2) is 4.52 Å². The molecule has 1 fully saturated rings. The lowest BCUT2D eigenvalue weighted by Crippen LogP contribution is -2.25. The molecular formula is C13H20N4O. The molecule has 2 heterocycles. The van der Waals surface area contributed by atoms with Crippen molar-refractivity contribution < 1.29 is 4.52 Å². The number of hydrogen-bond acceptors (Lipinski definition) is 5. The van der Waals surface area contributed by atoms with E-state index in [-0.39, 0.29) is 12.0 Å². The van der Waals surface area contributed by atoms with Gasteiger partial charge in [-0.2, -0.15) is 10.2 Å². The van der Waals surface area contributed by atoms with Crippen molar-refractivity contribution >= 4 is 0 Å². The molecule has 0 bridgehead atoms. The van der Waals surface area contributed by atoms with Gasteiger partial charge in [-0.15, -0.1) is 0 Å². The molecule has 1 aromatic rings. The van der Waals surface area contributed by atoms with E-state index in [1.54, 1.807) is 0 Å². The van der Waals surface area contributed by atoms with E-state index in [1.165, 1.54) is 6.42 Å². The van der Waals surface area contributed by atoms with Crippen molar-refractivity contribution in [3.63, 3.8) is 0 Å². The van der Waals surface area contributed by atoms with Gasteiger partial charge in [-0.25, -0.2) is 0 Å². The van der Waals surface area contributed by atoms with Crippen molar-refractivity contribution in [3.05, 3.63) is 11.7 Å². The Hall–Kier alpha value is -1.41. The van der Waals surface area contributed by atoms with E-state index >= 15 is 0 Å². The summed E-state index contributed by atoms with van der Waals surface area (Å²) in [5, 5.41) is 12.7. The first-order valence-corrected chi connectivity index (χ1v) is 6.67. The highest BCUT2D eigenvalue weighted by atomic mass is 16.5. The van der Waals surface area contributed by atoms with E-state index < -0.39 is 0 Å². The fraction of sp³-hybridized carbons (Fsp3) is 0.769. The topological polar surface area (TPSA) is 66.0 Å². The fourth-order valence-corrected chi connectivity index (χ4v) is 2.36. The van der Waals surface area contributed by atoms with Crippen LogP contribution in [0, 0.1) is 11.3 Å². The summed E-state index contributed by atoms with van der Waals surface area (Å²) in [6.45, 7) is 6.12. The van der Waals surface area contributed by atoms with Crippen molar-refractivity contribution in [2.24, 2.45) is 0 Å². The molecule has 1 aliphatic rings. The largest absolute Gasteiger partial charge is 0.339 e. The van der Waals surface area contributed by atoms with Gasteiger partial charge >= 0.3 is 0 Å². The predicted molar refractivity (Wildman–Crippen MR) is 66.8 cm³/mol. The van der Waals surface area contributed by atoms with Gasteiger partial charge in [0.1, 0.15) is 0 Å². The molecule has 1 unspecified atom stereocenters. The maximum atomic E-state index is 8.58. The molecule has 0 radical (unpaired) electrons. The smallest absolute Gasteiger partial charge is 0.229 e. The molecule has 2 rings (SSSR count). The van der Waals surface area contributed by atoms with Gasteiger partial charge in [-0.1, -0.05) is 19.0 Å². The molecule has 0 N–H and O–H groups in total. The Kier molecular flexibility index (Phi) is 4.32. The maximum absolute atomic E-state index is 8.58. The first-order valence-electron chi connectivity index (χ1n) is 6.67. The Bertz CT molecular complexity index is 421. The molecule has 1 aromatic heterocycles. The molecule has 1 saturated heterocycles. The molecule has 18 heavy (non-hydrogen) atoms. The second-order valence-corrected chi connectivity index (χ2v) is 5.10. The van der Waals surface area contributed by atoms with E-state index in [9.17, 15) is 0 Å². The molecule has 1 aliphatic heterocycles. The average molecular weight is 248 g/mol. The van der Waals surface area contributed by atoms with Crippen LogP contribution in [0.3, 0.4) is 0 Å². The summed E-state index contributed by atoms with van der Waals surface area (Å²) in [6, 6.07) is 2.47. The minimum atomic E-state index is 0.277. The number of rotatable bonds is 5. The molecule has 5 nitrogen and oxygen atoms in total. The lowest BCUT2D eigenvalue weighted by molar-refractivity contribution is 0.240. The van der Waals surface area contributed by atoms with Crippen molar-refractivity contribution in [1.82, 2.24) is 15.0 Å². The number of hydrogen-bond donors (Lipinski definition) is 0. The lowest BCUT2D eigenvalue weighted by Gasteiger charge is -2.20. The molecule has 1 atom stereocenters. The van der Waals surface area contributed by atoms with Crippen LogP contribution < -0.4 is 0 Å². The summed E-state index contributed by atoms with van der Waals surface area (Å²) >= 11 is 0. The van der Waals surface area contributed by atoms with Crippen LogP contribution in [0.1, 0.15) is 63.2 Å². The molecule has 0 spiro atoms. The average Bonchev–Trinajstić information content (AvgIpc) is 2.96. The Balaban J connectivity index is 1.99. The Morgan fingerprint density at radius 2 is 2.39 bits per heavy atom. The molecule has 0 saturated carbocycles. The van der Waals surface area contributed by atoms with Gasteiger partial charge in [0, 0.05) is 12.3 Å². The van der Waals surface area contributed by atoms with Crippen LogP contribution >= 0.6 is 0 Å². The normalized spacial score (nSPS) is 20.4. The third-order valence-electron chi connectivity index (χ3n) is 3.35. The van der Waals surface area contributed by atoms with Gasteiger partial charge in [0.15, 0.2) is 5.82 Å². The van der Waals surface area contributed by atoms with Crippen molar-refractivity contribution in [2.45, 2.75) is 51.5 Å². The number of nitriles is 1. The SMILES string of the molecule is CC(C)c1nc(C2CCCN2CCCC#N)no1. The second kappa shape index (κ2) is 5.96. The van der Waals surface area contributed by atoms with E-state index in [2.05, 4.69) is 35.0 Å². The zero-order valence-electron chi connectivity index (χ0n) is 11.1. The van der Waals surface area contributed by atoms with Crippen LogP contribution in [0.25, 0.3) is 0 Å². The standard InChI is InChI=1S/C13H20N4O/c1-10(2)13-15-12(16-18-13)11-6-5-9-17(11)8-4-3-7-14/h10-11H,3-6,8-9H2,1-2H3. The number of unbranched alkanes of at least 4 members (excludes halogenated alkanes) is 1. The third kappa shape index (κ3) is 2.88. The van der Waals surface area contributed by atoms with Crippen molar-refractivity contribution in [1.29, 1.82) is 5.26 Å². The highest BCUT2D eigenvalue weighted by Gasteiger charge is 2.29. The second-order valence-electron chi connectivity index (χ2n) is 5.10. The van der Waals surface area contributed by atoms with E-state index in [0.717, 1.165) is 31.8 Å². The van der Waals surface area contributed by atoms with Crippen molar-refractivity contribution in [3.8, 4) is 6.07 Å². The van der Waals surface area contributed by atoms with Gasteiger partial charge in [-0.3, -0.25) is 4.90 Å². The highest BCUT2D eigenvalue weighted by Crippen LogP contribution is 2.30. The zero-order valence-corrected chi connectivity index (χ0v) is 11.1. The van der Waals surface area contributed by atoms with Gasteiger partial charge in [-0.05, 0) is 32.4 Å². The zero-order chi connectivity index (χ0) is 13.0. The summed E-state index contributed by atoms with van der Waals surface area (Å²) in [5.74, 6) is 1.81. The monoisotopic (exact) mass is 248 g/mol. The Labute approximate surface area is 108 Å². The Morgan fingerprint density at radius 3 is 3.06 bits per heavy atom. The summed E-state index contributed by atoms with van der Waals surface area (Å²) in [5.41, 5.74) is 0. The van der Waals surface area contributed by atoms with Crippen LogP contribution in [-0.2, 0) is 0 Å². The molecule has 0 aliphatic carbocycles. The van der Waals surface area contributed by atoms with E-state index in [1.807, 2.05) is 0 Å². The fourth-order valence-electron chi connectivity index (χ4n) is 2.36. The van der Waals surface area contributed by atoms with Gasteiger partial charge in [0.2, 0.25) is 5.89 Å². The first kappa shape index (κ1) is 13.0. The Morgan fingerprint density at radius 1 is 1.56 bits per heavy atom. The van der Waals surface area contributed by atoms with Crippen LogP contribution in [-0.4, -0.2) is 28.1 Å². The molecule has 5 heteroatoms.